The quantitative estimate of drug-likeness (QED) is 0.365. The van der Waals surface area contributed by atoms with Crippen LogP contribution < -0.4 is 20.1 Å². The van der Waals surface area contributed by atoms with Crippen molar-refractivity contribution >= 4 is 28.9 Å². The summed E-state index contributed by atoms with van der Waals surface area (Å²) in [6.45, 7) is 6.79. The molecule has 1 aromatic carbocycles. The second-order valence-corrected chi connectivity index (χ2v) is 8.18. The highest BCUT2D eigenvalue weighted by Crippen LogP contribution is 2.22. The third kappa shape index (κ3) is 8.19. The third-order valence-corrected chi connectivity index (χ3v) is 5.39. The number of nitrogens with one attached hydrogen (secondary N) is 2. The number of ether oxygens (including phenoxy) is 3. The number of amides is 1. The van der Waals surface area contributed by atoms with Gasteiger partial charge in [-0.25, -0.2) is 9.37 Å². The average Bonchev–Trinajstić information content (AvgIpc) is 2.84. The molecule has 1 aliphatic rings. The predicted octanol–water partition coefficient (Wildman–Crippen LogP) is 3.63. The summed E-state index contributed by atoms with van der Waals surface area (Å²) < 4.78 is 30.9. The molecule has 2 heterocycles. The highest BCUT2D eigenvalue weighted by Gasteiger charge is 2.16. The summed E-state index contributed by atoms with van der Waals surface area (Å²) in [5.41, 5.74) is 0.660. The van der Waals surface area contributed by atoms with Gasteiger partial charge in [-0.05, 0) is 42.9 Å². The maximum atomic E-state index is 14.3. The van der Waals surface area contributed by atoms with E-state index in [0.29, 0.717) is 38.7 Å². The van der Waals surface area contributed by atoms with E-state index in [4.69, 9.17) is 26.4 Å². The summed E-state index contributed by atoms with van der Waals surface area (Å²) >= 11 is 5.23. The Morgan fingerprint density at radius 1 is 1.21 bits per heavy atom. The SMILES string of the molecule is CCCCCOc1ccc(NC(=S)NC(=O)c2cccnc2OCCN2CCOCC2)cc1F. The molecule has 2 aromatic rings. The fourth-order valence-electron chi connectivity index (χ4n) is 3.34. The number of carbonyl (C=O) groups excluding carboxylic acids is 1. The van der Waals surface area contributed by atoms with Gasteiger partial charge in [0, 0.05) is 37.6 Å². The molecule has 0 bridgehead atoms. The molecule has 1 amide bonds. The summed E-state index contributed by atoms with van der Waals surface area (Å²) in [6.07, 6.45) is 4.54. The van der Waals surface area contributed by atoms with Gasteiger partial charge in [-0.15, -0.1) is 0 Å². The number of nitrogens with zero attached hydrogens (tertiary/aromatic N) is 2. The van der Waals surface area contributed by atoms with Crippen LogP contribution >= 0.6 is 12.2 Å². The van der Waals surface area contributed by atoms with Gasteiger partial charge in [0.2, 0.25) is 5.88 Å². The zero-order chi connectivity index (χ0) is 24.2. The first kappa shape index (κ1) is 25.8. The van der Waals surface area contributed by atoms with Crippen molar-refractivity contribution in [3.8, 4) is 11.6 Å². The molecule has 1 saturated heterocycles. The number of hydrogen-bond acceptors (Lipinski definition) is 7. The van der Waals surface area contributed by atoms with E-state index in [-0.39, 0.29) is 22.3 Å². The molecule has 2 N–H and O–H groups in total. The number of anilines is 1. The van der Waals surface area contributed by atoms with Crippen LogP contribution in [0.2, 0.25) is 0 Å². The molecule has 0 radical (unpaired) electrons. The number of hydrogen-bond donors (Lipinski definition) is 2. The number of carbonyl (C=O) groups is 1. The number of benzene rings is 1. The smallest absolute Gasteiger partial charge is 0.262 e. The fourth-order valence-corrected chi connectivity index (χ4v) is 3.55. The molecule has 0 spiro atoms. The van der Waals surface area contributed by atoms with E-state index in [0.717, 1.165) is 32.4 Å². The monoisotopic (exact) mass is 490 g/mol. The van der Waals surface area contributed by atoms with E-state index in [9.17, 15) is 9.18 Å². The minimum Gasteiger partial charge on any atom is -0.491 e. The molecule has 1 fully saturated rings. The van der Waals surface area contributed by atoms with Crippen LogP contribution in [0.15, 0.2) is 36.5 Å². The van der Waals surface area contributed by atoms with Gasteiger partial charge in [-0.2, -0.15) is 0 Å². The zero-order valence-corrected chi connectivity index (χ0v) is 20.2. The molecule has 1 aliphatic heterocycles. The standard InChI is InChI=1S/C24H31FN4O4S/c1-2-3-4-13-32-21-8-7-18(17-20(21)25)27-24(34)28-22(30)19-6-5-9-26-23(19)33-16-12-29-10-14-31-15-11-29/h5-9,17H,2-4,10-16H2,1H3,(H2,27,28,30,34). The van der Waals surface area contributed by atoms with Crippen molar-refractivity contribution in [2.75, 3.05) is 51.4 Å². The summed E-state index contributed by atoms with van der Waals surface area (Å²) in [7, 11) is 0. The average molecular weight is 491 g/mol. The van der Waals surface area contributed by atoms with E-state index in [1.165, 1.54) is 12.1 Å². The van der Waals surface area contributed by atoms with Gasteiger partial charge in [-0.1, -0.05) is 19.8 Å². The highest BCUT2D eigenvalue weighted by molar-refractivity contribution is 7.80. The fraction of sp³-hybridized carbons (Fsp3) is 0.458. The molecule has 0 unspecified atom stereocenters. The minimum absolute atomic E-state index is 0.0316. The predicted molar refractivity (Wildman–Crippen MR) is 132 cm³/mol. The molecule has 0 atom stereocenters. The highest BCUT2D eigenvalue weighted by atomic mass is 32.1. The number of rotatable bonds is 11. The molecule has 0 aliphatic carbocycles. The van der Waals surface area contributed by atoms with Crippen molar-refractivity contribution in [2.24, 2.45) is 0 Å². The lowest BCUT2D eigenvalue weighted by Crippen LogP contribution is -2.39. The first-order chi connectivity index (χ1) is 16.6. The Labute approximate surface area is 204 Å². The van der Waals surface area contributed by atoms with Crippen LogP contribution in [0.1, 0.15) is 36.5 Å². The van der Waals surface area contributed by atoms with Crippen molar-refractivity contribution in [3.63, 3.8) is 0 Å². The Hall–Kier alpha value is -2.82. The number of halogens is 1. The summed E-state index contributed by atoms with van der Waals surface area (Å²) in [5, 5.41) is 5.44. The lowest BCUT2D eigenvalue weighted by atomic mass is 10.2. The number of morpholine rings is 1. The van der Waals surface area contributed by atoms with Crippen molar-refractivity contribution in [1.82, 2.24) is 15.2 Å². The van der Waals surface area contributed by atoms with E-state index in [2.05, 4.69) is 27.4 Å². The van der Waals surface area contributed by atoms with Gasteiger partial charge in [-0.3, -0.25) is 15.0 Å². The third-order valence-electron chi connectivity index (χ3n) is 5.19. The zero-order valence-electron chi connectivity index (χ0n) is 19.3. The maximum Gasteiger partial charge on any atom is 0.262 e. The Morgan fingerprint density at radius 3 is 2.79 bits per heavy atom. The molecular formula is C24H31FN4O4S. The molecular weight excluding hydrogens is 459 g/mol. The van der Waals surface area contributed by atoms with Crippen molar-refractivity contribution in [1.29, 1.82) is 0 Å². The number of thiocarbonyl (C=S) groups is 1. The van der Waals surface area contributed by atoms with Crippen LogP contribution in [-0.2, 0) is 4.74 Å². The number of pyridine rings is 1. The molecule has 184 valence electrons. The van der Waals surface area contributed by atoms with E-state index in [1.54, 1.807) is 24.4 Å². The lowest BCUT2D eigenvalue weighted by Gasteiger charge is -2.26. The molecule has 1 aromatic heterocycles. The van der Waals surface area contributed by atoms with Crippen LogP contribution in [0.25, 0.3) is 0 Å². The molecule has 8 nitrogen and oxygen atoms in total. The number of unbranched alkanes of at least 4 members (excludes halogenated alkanes) is 2. The van der Waals surface area contributed by atoms with Gasteiger partial charge in [0.25, 0.3) is 5.91 Å². The Morgan fingerprint density at radius 2 is 2.03 bits per heavy atom. The van der Waals surface area contributed by atoms with Crippen LogP contribution in [0, 0.1) is 5.82 Å². The Bertz CT molecular complexity index is 956. The summed E-state index contributed by atoms with van der Waals surface area (Å²) in [6, 6.07) is 7.71. The largest absolute Gasteiger partial charge is 0.491 e. The normalized spacial score (nSPS) is 13.8. The van der Waals surface area contributed by atoms with E-state index >= 15 is 0 Å². The van der Waals surface area contributed by atoms with E-state index in [1.807, 2.05) is 0 Å². The van der Waals surface area contributed by atoms with Crippen LogP contribution in [0.4, 0.5) is 10.1 Å². The van der Waals surface area contributed by atoms with Crippen molar-refractivity contribution in [2.45, 2.75) is 26.2 Å². The van der Waals surface area contributed by atoms with Gasteiger partial charge < -0.3 is 19.5 Å². The molecule has 10 heteroatoms. The van der Waals surface area contributed by atoms with Gasteiger partial charge in [0.1, 0.15) is 12.2 Å². The Balaban J connectivity index is 1.50. The molecule has 34 heavy (non-hydrogen) atoms. The van der Waals surface area contributed by atoms with Crippen molar-refractivity contribution in [3.05, 3.63) is 47.9 Å². The Kier molecular flexibility index (Phi) is 10.5. The van der Waals surface area contributed by atoms with Crippen LogP contribution in [-0.4, -0.2) is 67.0 Å². The minimum atomic E-state index is -0.501. The topological polar surface area (TPSA) is 85.0 Å². The van der Waals surface area contributed by atoms with Crippen molar-refractivity contribution < 1.29 is 23.4 Å². The maximum absolute atomic E-state index is 14.3. The first-order valence-corrected chi connectivity index (χ1v) is 11.9. The van der Waals surface area contributed by atoms with Crippen LogP contribution in [0.3, 0.4) is 0 Å². The number of aromatic nitrogens is 1. The first-order valence-electron chi connectivity index (χ1n) is 11.5. The van der Waals surface area contributed by atoms with Gasteiger partial charge in [0.15, 0.2) is 16.7 Å². The van der Waals surface area contributed by atoms with Gasteiger partial charge in [0.05, 0.1) is 19.8 Å². The van der Waals surface area contributed by atoms with Crippen LogP contribution in [0.5, 0.6) is 11.6 Å². The van der Waals surface area contributed by atoms with E-state index < -0.39 is 11.7 Å². The van der Waals surface area contributed by atoms with Gasteiger partial charge >= 0.3 is 0 Å². The second kappa shape index (κ2) is 13.8. The lowest BCUT2D eigenvalue weighted by molar-refractivity contribution is 0.0319. The summed E-state index contributed by atoms with van der Waals surface area (Å²) in [5.74, 6) is -0.556. The molecule has 3 rings (SSSR count). The second-order valence-electron chi connectivity index (χ2n) is 7.77. The summed E-state index contributed by atoms with van der Waals surface area (Å²) in [4.78, 5) is 19.1. The molecule has 0 saturated carbocycles.